The fraction of sp³-hybridized carbons (Fsp3) is 0.909. The molecule has 0 spiro atoms. The molecule has 0 amide bonds. The SMILES string of the molecule is C1COCCO1.C1COCCO1.CC(C)=O. The lowest BCUT2D eigenvalue weighted by atomic mass is 10.6. The van der Waals surface area contributed by atoms with Gasteiger partial charge in [0.15, 0.2) is 0 Å². The Kier molecular flexibility index (Phi) is 12.2. The van der Waals surface area contributed by atoms with E-state index in [-0.39, 0.29) is 5.78 Å². The van der Waals surface area contributed by atoms with Gasteiger partial charge in [0.05, 0.1) is 52.9 Å². The topological polar surface area (TPSA) is 54.0 Å². The molecule has 16 heavy (non-hydrogen) atoms. The quantitative estimate of drug-likeness (QED) is 0.616. The Morgan fingerprint density at radius 3 is 0.812 bits per heavy atom. The van der Waals surface area contributed by atoms with Crippen LogP contribution in [0.2, 0.25) is 0 Å². The van der Waals surface area contributed by atoms with Crippen LogP contribution >= 0.6 is 0 Å². The highest BCUT2D eigenvalue weighted by atomic mass is 16.6. The van der Waals surface area contributed by atoms with Crippen molar-refractivity contribution in [1.82, 2.24) is 0 Å². The number of ketones is 1. The first-order valence-corrected chi connectivity index (χ1v) is 5.51. The summed E-state index contributed by atoms with van der Waals surface area (Å²) in [5, 5.41) is 0. The van der Waals surface area contributed by atoms with Crippen LogP contribution in [0.25, 0.3) is 0 Å². The zero-order valence-corrected chi connectivity index (χ0v) is 10.2. The predicted molar refractivity (Wildman–Crippen MR) is 59.6 cm³/mol. The van der Waals surface area contributed by atoms with E-state index >= 15 is 0 Å². The fourth-order valence-electron chi connectivity index (χ4n) is 0.880. The summed E-state index contributed by atoms with van der Waals surface area (Å²) in [6.07, 6.45) is 0. The number of hydrogen-bond acceptors (Lipinski definition) is 5. The summed E-state index contributed by atoms with van der Waals surface area (Å²) in [5.41, 5.74) is 0. The van der Waals surface area contributed by atoms with Gasteiger partial charge in [0, 0.05) is 0 Å². The zero-order chi connectivity index (χ0) is 12.1. The van der Waals surface area contributed by atoms with Crippen molar-refractivity contribution >= 4 is 5.78 Å². The molecule has 0 radical (unpaired) electrons. The average Bonchev–Trinajstić information content (AvgIpc) is 2.34. The zero-order valence-electron chi connectivity index (χ0n) is 10.2. The van der Waals surface area contributed by atoms with Gasteiger partial charge in [0.2, 0.25) is 0 Å². The second kappa shape index (κ2) is 12.6. The molecule has 0 bridgehead atoms. The van der Waals surface area contributed by atoms with Crippen molar-refractivity contribution in [1.29, 1.82) is 0 Å². The number of carbonyl (C=O) groups excluding carboxylic acids is 1. The van der Waals surface area contributed by atoms with Crippen LogP contribution in [-0.4, -0.2) is 58.6 Å². The maximum Gasteiger partial charge on any atom is 0.126 e. The molecule has 0 unspecified atom stereocenters. The van der Waals surface area contributed by atoms with Gasteiger partial charge in [-0.25, -0.2) is 0 Å². The second-order valence-electron chi connectivity index (χ2n) is 3.36. The summed E-state index contributed by atoms with van der Waals surface area (Å²) in [6.45, 7) is 9.28. The maximum atomic E-state index is 9.44. The first kappa shape index (κ1) is 15.5. The van der Waals surface area contributed by atoms with E-state index < -0.39 is 0 Å². The molecule has 5 heteroatoms. The van der Waals surface area contributed by atoms with Crippen LogP contribution in [0.1, 0.15) is 13.8 Å². The van der Waals surface area contributed by atoms with Crippen molar-refractivity contribution in [3.05, 3.63) is 0 Å². The monoisotopic (exact) mass is 234 g/mol. The first-order chi connectivity index (χ1) is 7.73. The van der Waals surface area contributed by atoms with E-state index in [1.807, 2.05) is 0 Å². The van der Waals surface area contributed by atoms with Crippen LogP contribution in [0.5, 0.6) is 0 Å². The highest BCUT2D eigenvalue weighted by Crippen LogP contribution is 1.85. The Morgan fingerprint density at radius 2 is 0.750 bits per heavy atom. The Bertz CT molecular complexity index is 113. The van der Waals surface area contributed by atoms with Crippen LogP contribution in [0.4, 0.5) is 0 Å². The van der Waals surface area contributed by atoms with Crippen molar-refractivity contribution in [3.63, 3.8) is 0 Å². The van der Waals surface area contributed by atoms with Crippen molar-refractivity contribution in [3.8, 4) is 0 Å². The molecule has 0 aromatic rings. The molecule has 96 valence electrons. The molecule has 2 rings (SSSR count). The van der Waals surface area contributed by atoms with E-state index in [1.165, 1.54) is 13.8 Å². The average molecular weight is 234 g/mol. The van der Waals surface area contributed by atoms with Gasteiger partial charge in [-0.3, -0.25) is 0 Å². The predicted octanol–water partition coefficient (Wildman–Crippen LogP) is 0.662. The third kappa shape index (κ3) is 16.0. The largest absolute Gasteiger partial charge is 0.377 e. The number of ether oxygens (including phenoxy) is 4. The van der Waals surface area contributed by atoms with Gasteiger partial charge in [-0.05, 0) is 13.8 Å². The minimum atomic E-state index is 0.167. The van der Waals surface area contributed by atoms with Crippen molar-refractivity contribution in [2.24, 2.45) is 0 Å². The van der Waals surface area contributed by atoms with E-state index in [4.69, 9.17) is 18.9 Å². The first-order valence-electron chi connectivity index (χ1n) is 5.51. The lowest BCUT2D eigenvalue weighted by Crippen LogP contribution is -2.16. The molecule has 0 aliphatic carbocycles. The molecular formula is C11H22O5. The molecule has 0 atom stereocenters. The van der Waals surface area contributed by atoms with Gasteiger partial charge in [-0.2, -0.15) is 0 Å². The molecular weight excluding hydrogens is 212 g/mol. The molecule has 2 heterocycles. The Morgan fingerprint density at radius 1 is 0.625 bits per heavy atom. The third-order valence-corrected chi connectivity index (χ3v) is 1.49. The van der Waals surface area contributed by atoms with E-state index in [2.05, 4.69) is 0 Å². The number of hydrogen-bond donors (Lipinski definition) is 0. The molecule has 5 nitrogen and oxygen atoms in total. The summed E-state index contributed by atoms with van der Waals surface area (Å²) in [7, 11) is 0. The molecule has 0 N–H and O–H groups in total. The maximum absolute atomic E-state index is 9.44. The molecule has 2 aliphatic heterocycles. The highest BCUT2D eigenvalue weighted by Gasteiger charge is 1.94. The van der Waals surface area contributed by atoms with E-state index in [1.54, 1.807) is 0 Å². The normalized spacial score (nSPS) is 19.6. The molecule has 0 aromatic carbocycles. The summed E-state index contributed by atoms with van der Waals surface area (Å²) in [5.74, 6) is 0.167. The van der Waals surface area contributed by atoms with Crippen molar-refractivity contribution < 1.29 is 23.7 Å². The number of Topliss-reactive ketones (excluding diaryl/α,β-unsaturated/α-hetero) is 1. The lowest BCUT2D eigenvalue weighted by Gasteiger charge is -2.09. The Labute approximate surface area is 97.0 Å². The van der Waals surface area contributed by atoms with Crippen molar-refractivity contribution in [2.75, 3.05) is 52.9 Å². The second-order valence-corrected chi connectivity index (χ2v) is 3.36. The van der Waals surface area contributed by atoms with E-state index in [0.717, 1.165) is 52.9 Å². The van der Waals surface area contributed by atoms with E-state index in [9.17, 15) is 4.79 Å². The molecule has 0 saturated carbocycles. The smallest absolute Gasteiger partial charge is 0.126 e. The van der Waals surface area contributed by atoms with Crippen LogP contribution in [0.15, 0.2) is 0 Å². The Balaban J connectivity index is 0.000000217. The van der Waals surface area contributed by atoms with Gasteiger partial charge in [0.1, 0.15) is 5.78 Å². The summed E-state index contributed by atoms with van der Waals surface area (Å²) >= 11 is 0. The van der Waals surface area contributed by atoms with Crippen LogP contribution < -0.4 is 0 Å². The van der Waals surface area contributed by atoms with E-state index in [0.29, 0.717) is 0 Å². The van der Waals surface area contributed by atoms with Crippen LogP contribution in [0.3, 0.4) is 0 Å². The number of carbonyl (C=O) groups is 1. The summed E-state index contributed by atoms with van der Waals surface area (Å²) in [4.78, 5) is 9.44. The molecule has 2 saturated heterocycles. The minimum Gasteiger partial charge on any atom is -0.377 e. The standard InChI is InChI=1S/2C4H8O2.C3H6O/c2*1-2-6-4-3-5-1;1-3(2)4/h2*1-4H2;1-2H3. The minimum absolute atomic E-state index is 0.167. The van der Waals surface area contributed by atoms with Gasteiger partial charge in [0.25, 0.3) is 0 Å². The fourth-order valence-corrected chi connectivity index (χ4v) is 0.880. The number of rotatable bonds is 0. The highest BCUT2D eigenvalue weighted by molar-refractivity contribution is 5.72. The van der Waals surface area contributed by atoms with Crippen LogP contribution in [0, 0.1) is 0 Å². The van der Waals surface area contributed by atoms with Gasteiger partial charge in [-0.15, -0.1) is 0 Å². The Hall–Kier alpha value is -0.490. The van der Waals surface area contributed by atoms with Gasteiger partial charge in [-0.1, -0.05) is 0 Å². The van der Waals surface area contributed by atoms with Crippen molar-refractivity contribution in [2.45, 2.75) is 13.8 Å². The molecule has 2 aliphatic rings. The third-order valence-electron chi connectivity index (χ3n) is 1.49. The summed E-state index contributed by atoms with van der Waals surface area (Å²) < 4.78 is 19.8. The van der Waals surface area contributed by atoms with Crippen LogP contribution in [-0.2, 0) is 23.7 Å². The lowest BCUT2D eigenvalue weighted by molar-refractivity contribution is -0.114. The van der Waals surface area contributed by atoms with Gasteiger partial charge < -0.3 is 23.7 Å². The molecule has 2 fully saturated rings. The summed E-state index contributed by atoms with van der Waals surface area (Å²) in [6, 6.07) is 0. The van der Waals surface area contributed by atoms with Gasteiger partial charge >= 0.3 is 0 Å². The molecule has 0 aromatic heterocycles.